The van der Waals surface area contributed by atoms with Gasteiger partial charge in [-0.2, -0.15) is 0 Å². The number of carbonyl (C=O) groups excluding carboxylic acids is 1. The normalized spacial score (nSPS) is 36.6. The van der Waals surface area contributed by atoms with Crippen LogP contribution in [0.25, 0.3) is 0 Å². The SMILES string of the molecule is O=C1CC(c2ccc(O)cc2)Oc2cc(OC3OC(COC4OC(CO)C(O)C(O)C4O)C(O)C(O)C3O)cc(O)c21. The fraction of sp³-hybridized carbons (Fsp3) is 0.519. The second-order valence-electron chi connectivity index (χ2n) is 10.3. The summed E-state index contributed by atoms with van der Waals surface area (Å²) >= 11 is 0. The number of phenols is 2. The van der Waals surface area contributed by atoms with Crippen molar-refractivity contribution in [1.29, 1.82) is 0 Å². The number of aromatic hydroxyl groups is 2. The number of ketones is 1. The summed E-state index contributed by atoms with van der Waals surface area (Å²) in [4.78, 5) is 12.8. The largest absolute Gasteiger partial charge is 0.508 e. The van der Waals surface area contributed by atoms with Crippen LogP contribution >= 0.6 is 0 Å². The third-order valence-electron chi connectivity index (χ3n) is 7.43. The van der Waals surface area contributed by atoms with Gasteiger partial charge in [0.05, 0.1) is 19.6 Å². The number of rotatable bonds is 7. The van der Waals surface area contributed by atoms with Crippen LogP contribution in [-0.2, 0) is 14.2 Å². The molecule has 2 aromatic rings. The highest BCUT2D eigenvalue weighted by atomic mass is 16.7. The molecule has 15 nitrogen and oxygen atoms in total. The molecule has 9 N–H and O–H groups in total. The third-order valence-corrected chi connectivity index (χ3v) is 7.43. The first-order valence-electron chi connectivity index (χ1n) is 13.1. The van der Waals surface area contributed by atoms with Gasteiger partial charge >= 0.3 is 0 Å². The number of aliphatic hydroxyl groups excluding tert-OH is 7. The molecule has 2 fully saturated rings. The zero-order valence-electron chi connectivity index (χ0n) is 21.9. The molecule has 3 aliphatic rings. The lowest BCUT2D eigenvalue weighted by Gasteiger charge is -2.42. The molecule has 2 aromatic carbocycles. The molecular formula is C27H32O15. The minimum atomic E-state index is -1.80. The standard InChI is InChI=1S/C27H32O15/c28-8-17-20(32)22(34)24(36)26(41-17)38-9-18-21(33)23(35)25(37)27(42-18)39-12-5-13(30)19-14(31)7-15(40-16(19)6-12)10-1-3-11(29)4-2-10/h1-6,15,17-18,20-30,32-37H,7-9H2. The van der Waals surface area contributed by atoms with E-state index in [1.807, 2.05) is 0 Å². The van der Waals surface area contributed by atoms with Crippen LogP contribution in [0.1, 0.15) is 28.4 Å². The van der Waals surface area contributed by atoms with Crippen molar-refractivity contribution < 1.29 is 74.4 Å². The summed E-state index contributed by atoms with van der Waals surface area (Å²) in [5.41, 5.74) is 0.520. The lowest BCUT2D eigenvalue weighted by Crippen LogP contribution is -2.62. The topological polar surface area (TPSA) is 245 Å². The van der Waals surface area contributed by atoms with Crippen LogP contribution in [0.15, 0.2) is 36.4 Å². The van der Waals surface area contributed by atoms with E-state index in [9.17, 15) is 50.8 Å². The van der Waals surface area contributed by atoms with Gasteiger partial charge in [0.2, 0.25) is 6.29 Å². The average molecular weight is 597 g/mol. The zero-order valence-corrected chi connectivity index (χ0v) is 21.9. The summed E-state index contributed by atoms with van der Waals surface area (Å²) in [6.45, 7) is -1.25. The molecule has 0 spiro atoms. The van der Waals surface area contributed by atoms with E-state index in [4.69, 9.17) is 23.7 Å². The number of hydrogen-bond acceptors (Lipinski definition) is 15. The van der Waals surface area contributed by atoms with Gasteiger partial charge in [-0.3, -0.25) is 4.79 Å². The van der Waals surface area contributed by atoms with Gasteiger partial charge in [-0.1, -0.05) is 12.1 Å². The molecule has 0 amide bonds. The Kier molecular flexibility index (Phi) is 8.86. The molecule has 0 aromatic heterocycles. The summed E-state index contributed by atoms with van der Waals surface area (Å²) < 4.78 is 27.8. The molecule has 0 radical (unpaired) electrons. The monoisotopic (exact) mass is 596 g/mol. The van der Waals surface area contributed by atoms with Gasteiger partial charge in [-0.15, -0.1) is 0 Å². The van der Waals surface area contributed by atoms with E-state index in [0.29, 0.717) is 5.56 Å². The number of hydrogen-bond donors (Lipinski definition) is 9. The highest BCUT2D eigenvalue weighted by Gasteiger charge is 2.48. The van der Waals surface area contributed by atoms with Crippen molar-refractivity contribution in [2.75, 3.05) is 13.2 Å². The van der Waals surface area contributed by atoms with E-state index < -0.39 is 92.3 Å². The lowest BCUT2D eigenvalue weighted by atomic mass is 9.95. The molecule has 11 atom stereocenters. The first-order chi connectivity index (χ1) is 20.0. The van der Waals surface area contributed by atoms with Gasteiger partial charge in [-0.05, 0) is 17.7 Å². The smallest absolute Gasteiger partial charge is 0.229 e. The molecule has 42 heavy (non-hydrogen) atoms. The molecule has 3 heterocycles. The maximum Gasteiger partial charge on any atom is 0.229 e. The second-order valence-corrected chi connectivity index (χ2v) is 10.3. The van der Waals surface area contributed by atoms with Gasteiger partial charge in [0.1, 0.15) is 83.5 Å². The molecule has 0 aliphatic carbocycles. The summed E-state index contributed by atoms with van der Waals surface area (Å²) in [6.07, 6.45) is -16.9. The maximum absolute atomic E-state index is 12.8. The summed E-state index contributed by atoms with van der Waals surface area (Å²) in [6, 6.07) is 8.43. The third kappa shape index (κ3) is 5.89. The van der Waals surface area contributed by atoms with Crippen molar-refractivity contribution in [2.24, 2.45) is 0 Å². The van der Waals surface area contributed by atoms with Crippen LogP contribution in [0.2, 0.25) is 0 Å². The molecule has 15 heteroatoms. The molecule has 11 unspecified atom stereocenters. The van der Waals surface area contributed by atoms with E-state index in [0.717, 1.165) is 6.07 Å². The summed E-state index contributed by atoms with van der Waals surface area (Å²) in [7, 11) is 0. The minimum Gasteiger partial charge on any atom is -0.508 e. The van der Waals surface area contributed by atoms with Crippen molar-refractivity contribution in [3.63, 3.8) is 0 Å². The minimum absolute atomic E-state index is 0.0206. The van der Waals surface area contributed by atoms with E-state index in [1.165, 1.54) is 18.2 Å². The van der Waals surface area contributed by atoms with E-state index in [2.05, 4.69) is 0 Å². The van der Waals surface area contributed by atoms with Crippen molar-refractivity contribution in [3.8, 4) is 23.0 Å². The molecule has 0 saturated carbocycles. The fourth-order valence-electron chi connectivity index (χ4n) is 5.04. The van der Waals surface area contributed by atoms with Gasteiger partial charge in [-0.25, -0.2) is 0 Å². The van der Waals surface area contributed by atoms with Crippen molar-refractivity contribution in [1.82, 2.24) is 0 Å². The Labute approximate surface area is 238 Å². The lowest BCUT2D eigenvalue weighted by molar-refractivity contribution is -0.323. The summed E-state index contributed by atoms with van der Waals surface area (Å²) in [5.74, 6) is -0.981. The number of phenolic OH excluding ortho intramolecular Hbond substituents is 2. The Morgan fingerprint density at radius 3 is 2.07 bits per heavy atom. The quantitative estimate of drug-likeness (QED) is 0.165. The highest BCUT2D eigenvalue weighted by Crippen LogP contribution is 2.42. The zero-order chi connectivity index (χ0) is 30.3. The molecule has 5 rings (SSSR count). The predicted octanol–water partition coefficient (Wildman–Crippen LogP) is -2.19. The number of carbonyl (C=O) groups is 1. The first-order valence-corrected chi connectivity index (χ1v) is 13.1. The number of aliphatic hydroxyl groups is 7. The number of Topliss-reactive ketones (excluding diaryl/α,β-unsaturated/α-hetero) is 1. The highest BCUT2D eigenvalue weighted by molar-refractivity contribution is 6.02. The maximum atomic E-state index is 12.8. The second kappa shape index (κ2) is 12.3. The Morgan fingerprint density at radius 2 is 1.40 bits per heavy atom. The Bertz CT molecular complexity index is 1250. The van der Waals surface area contributed by atoms with Crippen LogP contribution in [0.3, 0.4) is 0 Å². The fourth-order valence-corrected chi connectivity index (χ4v) is 5.04. The van der Waals surface area contributed by atoms with Crippen LogP contribution in [0, 0.1) is 0 Å². The van der Waals surface area contributed by atoms with Gasteiger partial charge in [0, 0.05) is 12.1 Å². The summed E-state index contributed by atoms with van der Waals surface area (Å²) in [5, 5.41) is 90.9. The molecule has 3 aliphatic heterocycles. The average Bonchev–Trinajstić information content (AvgIpc) is 2.96. The van der Waals surface area contributed by atoms with Gasteiger partial charge in [0.15, 0.2) is 12.1 Å². The Morgan fingerprint density at radius 1 is 0.786 bits per heavy atom. The van der Waals surface area contributed by atoms with Crippen molar-refractivity contribution in [3.05, 3.63) is 47.5 Å². The number of benzene rings is 2. The Hall–Kier alpha value is -3.09. The van der Waals surface area contributed by atoms with E-state index >= 15 is 0 Å². The van der Waals surface area contributed by atoms with Crippen LogP contribution in [0.4, 0.5) is 0 Å². The molecule has 0 bridgehead atoms. The van der Waals surface area contributed by atoms with Crippen LogP contribution in [0.5, 0.6) is 23.0 Å². The first kappa shape index (κ1) is 30.4. The van der Waals surface area contributed by atoms with Gasteiger partial charge in [0.25, 0.3) is 0 Å². The Balaban J connectivity index is 1.29. The number of ether oxygens (including phenoxy) is 5. The molecular weight excluding hydrogens is 564 g/mol. The van der Waals surface area contributed by atoms with Gasteiger partial charge < -0.3 is 69.6 Å². The predicted molar refractivity (Wildman–Crippen MR) is 136 cm³/mol. The molecule has 2 saturated heterocycles. The van der Waals surface area contributed by atoms with E-state index in [-0.39, 0.29) is 29.2 Å². The van der Waals surface area contributed by atoms with E-state index in [1.54, 1.807) is 12.1 Å². The van der Waals surface area contributed by atoms with Crippen LogP contribution in [-0.4, -0.2) is 126 Å². The van der Waals surface area contributed by atoms with Crippen molar-refractivity contribution >= 4 is 5.78 Å². The molecule has 230 valence electrons. The number of fused-ring (bicyclic) bond motifs is 1. The van der Waals surface area contributed by atoms with Crippen molar-refractivity contribution in [2.45, 2.75) is 73.9 Å². The van der Waals surface area contributed by atoms with Crippen LogP contribution < -0.4 is 9.47 Å².